The van der Waals surface area contributed by atoms with Gasteiger partial charge in [0.2, 0.25) is 0 Å². The van der Waals surface area contributed by atoms with Gasteiger partial charge >= 0.3 is 0 Å². The van der Waals surface area contributed by atoms with E-state index in [1.165, 1.54) is 16.7 Å². The Bertz CT molecular complexity index is 458. The van der Waals surface area contributed by atoms with Crippen molar-refractivity contribution in [1.82, 2.24) is 5.32 Å². The van der Waals surface area contributed by atoms with E-state index >= 15 is 0 Å². The zero-order valence-corrected chi connectivity index (χ0v) is 10.9. The van der Waals surface area contributed by atoms with E-state index in [1.54, 1.807) is 0 Å². The van der Waals surface area contributed by atoms with E-state index < -0.39 is 5.54 Å². The molecule has 1 N–H and O–H groups in total. The number of benzene rings is 1. The van der Waals surface area contributed by atoms with Crippen molar-refractivity contribution < 1.29 is 0 Å². The first-order chi connectivity index (χ1) is 8.11. The van der Waals surface area contributed by atoms with Crippen molar-refractivity contribution in [2.24, 2.45) is 0 Å². The van der Waals surface area contributed by atoms with Crippen LogP contribution in [0.1, 0.15) is 43.4 Å². The smallest absolute Gasteiger partial charge is 0.133 e. The van der Waals surface area contributed by atoms with Crippen LogP contribution in [-0.2, 0) is 12.0 Å². The van der Waals surface area contributed by atoms with Gasteiger partial charge in [-0.3, -0.25) is 5.32 Å². The zero-order chi connectivity index (χ0) is 12.5. The number of nitrogens with zero attached hydrogens (tertiary/aromatic N) is 1. The molecule has 0 spiro atoms. The van der Waals surface area contributed by atoms with Crippen LogP contribution in [0, 0.1) is 18.3 Å². The largest absolute Gasteiger partial charge is 0.293 e. The van der Waals surface area contributed by atoms with Crippen LogP contribution < -0.4 is 5.32 Å². The molecule has 2 rings (SSSR count). The van der Waals surface area contributed by atoms with Gasteiger partial charge in [0.25, 0.3) is 0 Å². The summed E-state index contributed by atoms with van der Waals surface area (Å²) in [7, 11) is 0. The maximum absolute atomic E-state index is 9.59. The Labute approximate surface area is 104 Å². The monoisotopic (exact) mass is 228 g/mol. The lowest BCUT2D eigenvalue weighted by Gasteiger charge is -2.28. The van der Waals surface area contributed by atoms with Gasteiger partial charge in [-0.25, -0.2) is 0 Å². The minimum Gasteiger partial charge on any atom is -0.293 e. The fourth-order valence-electron chi connectivity index (χ4n) is 2.58. The molecular formula is C15H20N2. The number of aryl methyl sites for hydroxylation is 2. The Morgan fingerprint density at radius 2 is 2.29 bits per heavy atom. The second-order valence-electron chi connectivity index (χ2n) is 5.13. The van der Waals surface area contributed by atoms with E-state index in [-0.39, 0.29) is 0 Å². The van der Waals surface area contributed by atoms with Crippen molar-refractivity contribution in [2.45, 2.75) is 51.6 Å². The molecule has 0 saturated carbocycles. The van der Waals surface area contributed by atoms with Gasteiger partial charge in [0.05, 0.1) is 6.07 Å². The predicted octanol–water partition coefficient (Wildman–Crippen LogP) is 3.05. The van der Waals surface area contributed by atoms with Crippen LogP contribution in [0.2, 0.25) is 0 Å². The van der Waals surface area contributed by atoms with E-state index in [2.05, 4.69) is 50.4 Å². The zero-order valence-electron chi connectivity index (χ0n) is 10.9. The van der Waals surface area contributed by atoms with Crippen LogP contribution in [0.3, 0.4) is 0 Å². The number of nitrogens with one attached hydrogen (secondary N) is 1. The van der Waals surface area contributed by atoms with E-state index in [1.807, 2.05) is 0 Å². The highest BCUT2D eigenvalue weighted by Crippen LogP contribution is 2.37. The molecule has 2 nitrogen and oxygen atoms in total. The van der Waals surface area contributed by atoms with Gasteiger partial charge in [0.15, 0.2) is 0 Å². The average molecular weight is 228 g/mol. The summed E-state index contributed by atoms with van der Waals surface area (Å²) in [6, 6.07) is 9.36. The fraction of sp³-hybridized carbons (Fsp3) is 0.533. The van der Waals surface area contributed by atoms with Crippen molar-refractivity contribution in [3.63, 3.8) is 0 Å². The number of nitriles is 1. The molecule has 1 aromatic carbocycles. The summed E-state index contributed by atoms with van der Waals surface area (Å²) >= 11 is 0. The molecule has 0 amide bonds. The molecule has 0 fully saturated rings. The van der Waals surface area contributed by atoms with Crippen LogP contribution in [-0.4, -0.2) is 6.04 Å². The van der Waals surface area contributed by atoms with Crippen molar-refractivity contribution in [1.29, 1.82) is 5.26 Å². The third kappa shape index (κ3) is 2.08. The Morgan fingerprint density at radius 3 is 2.94 bits per heavy atom. The first kappa shape index (κ1) is 12.1. The van der Waals surface area contributed by atoms with Crippen LogP contribution in [0.25, 0.3) is 0 Å². The summed E-state index contributed by atoms with van der Waals surface area (Å²) in [6.45, 7) is 6.38. The minimum atomic E-state index is -0.462. The molecule has 0 heterocycles. The molecule has 2 heteroatoms. The molecule has 1 aliphatic rings. The maximum atomic E-state index is 9.59. The quantitative estimate of drug-likeness (QED) is 0.863. The summed E-state index contributed by atoms with van der Waals surface area (Å²) in [4.78, 5) is 0. The first-order valence-corrected chi connectivity index (χ1v) is 6.40. The van der Waals surface area contributed by atoms with Gasteiger partial charge in [-0.05, 0) is 44.2 Å². The highest BCUT2D eigenvalue weighted by atomic mass is 15.0. The molecule has 0 aliphatic heterocycles. The molecule has 17 heavy (non-hydrogen) atoms. The Kier molecular flexibility index (Phi) is 3.22. The topological polar surface area (TPSA) is 35.8 Å². The molecule has 1 aliphatic carbocycles. The third-order valence-electron chi connectivity index (χ3n) is 3.79. The van der Waals surface area contributed by atoms with Gasteiger partial charge in [0.1, 0.15) is 5.54 Å². The molecule has 0 bridgehead atoms. The van der Waals surface area contributed by atoms with Gasteiger partial charge in [-0.2, -0.15) is 5.26 Å². The highest BCUT2D eigenvalue weighted by Gasteiger charge is 2.39. The molecular weight excluding hydrogens is 208 g/mol. The van der Waals surface area contributed by atoms with Crippen LogP contribution >= 0.6 is 0 Å². The third-order valence-corrected chi connectivity index (χ3v) is 3.79. The van der Waals surface area contributed by atoms with Crippen molar-refractivity contribution in [2.75, 3.05) is 0 Å². The summed E-state index contributed by atoms with van der Waals surface area (Å²) in [6.07, 6.45) is 2.95. The van der Waals surface area contributed by atoms with Gasteiger partial charge in [-0.1, -0.05) is 30.7 Å². The standard InChI is InChI=1S/C15H20N2/c1-4-12(3)17-15(10-16)8-7-13-6-5-11(2)9-14(13)15/h5-6,9,12,17H,4,7-8H2,1-3H3. The number of rotatable bonds is 3. The van der Waals surface area contributed by atoms with Crippen LogP contribution in [0.15, 0.2) is 18.2 Å². The predicted molar refractivity (Wildman–Crippen MR) is 69.7 cm³/mol. The summed E-state index contributed by atoms with van der Waals surface area (Å²) in [5, 5.41) is 13.1. The lowest BCUT2D eigenvalue weighted by molar-refractivity contribution is 0.366. The Balaban J connectivity index is 2.40. The molecule has 0 radical (unpaired) electrons. The van der Waals surface area contributed by atoms with Gasteiger partial charge < -0.3 is 0 Å². The fourth-order valence-corrected chi connectivity index (χ4v) is 2.58. The number of hydrogen-bond acceptors (Lipinski definition) is 2. The SMILES string of the molecule is CCC(C)NC1(C#N)CCc2ccc(C)cc21. The normalized spacial score (nSPS) is 24.1. The second kappa shape index (κ2) is 4.50. The van der Waals surface area contributed by atoms with E-state index in [0.29, 0.717) is 6.04 Å². The number of fused-ring (bicyclic) bond motifs is 1. The van der Waals surface area contributed by atoms with E-state index in [0.717, 1.165) is 19.3 Å². The highest BCUT2D eigenvalue weighted by molar-refractivity contribution is 5.45. The Hall–Kier alpha value is -1.33. The van der Waals surface area contributed by atoms with Gasteiger partial charge in [-0.15, -0.1) is 0 Å². The first-order valence-electron chi connectivity index (χ1n) is 6.40. The Morgan fingerprint density at radius 1 is 1.53 bits per heavy atom. The lowest BCUT2D eigenvalue weighted by atomic mass is 9.91. The van der Waals surface area contributed by atoms with E-state index in [4.69, 9.17) is 0 Å². The number of hydrogen-bond donors (Lipinski definition) is 1. The van der Waals surface area contributed by atoms with Crippen LogP contribution in [0.4, 0.5) is 0 Å². The maximum Gasteiger partial charge on any atom is 0.133 e. The van der Waals surface area contributed by atoms with Crippen LogP contribution in [0.5, 0.6) is 0 Å². The molecule has 90 valence electrons. The second-order valence-corrected chi connectivity index (χ2v) is 5.13. The lowest BCUT2D eigenvalue weighted by Crippen LogP contribution is -2.44. The molecule has 2 atom stereocenters. The van der Waals surface area contributed by atoms with Gasteiger partial charge in [0, 0.05) is 6.04 Å². The summed E-state index contributed by atoms with van der Waals surface area (Å²) in [5.74, 6) is 0. The van der Waals surface area contributed by atoms with E-state index in [9.17, 15) is 5.26 Å². The van der Waals surface area contributed by atoms with Crippen molar-refractivity contribution in [3.05, 3.63) is 34.9 Å². The minimum absolute atomic E-state index is 0.376. The molecule has 2 unspecified atom stereocenters. The molecule has 1 aromatic rings. The average Bonchev–Trinajstić information content (AvgIpc) is 2.68. The van der Waals surface area contributed by atoms with Crippen molar-refractivity contribution >= 4 is 0 Å². The molecule has 0 aromatic heterocycles. The summed E-state index contributed by atoms with van der Waals surface area (Å²) in [5.41, 5.74) is 3.29. The molecule has 0 saturated heterocycles. The summed E-state index contributed by atoms with van der Waals surface area (Å²) < 4.78 is 0. The van der Waals surface area contributed by atoms with Crippen molar-refractivity contribution in [3.8, 4) is 6.07 Å².